The molecule has 0 radical (unpaired) electrons. The Labute approximate surface area is 388 Å². The summed E-state index contributed by atoms with van der Waals surface area (Å²) in [6, 6.07) is 89.5. The number of Topliss-reactive ketones (excluding diaryl/α,β-unsaturated/α-hetero) is 2. The van der Waals surface area contributed by atoms with Crippen molar-refractivity contribution >= 4 is 67.8 Å². The Bertz CT molecular complexity index is 2910. The van der Waals surface area contributed by atoms with Gasteiger partial charge in [-0.1, -0.05) is 254 Å². The number of ketones is 2. The SMILES string of the molecule is O=C(C#Cc1ccccc1)C(c1ccc(C(C(=O)C#Cc2ccccc2)=P(c2ccccc2)(c2ccccc2)c2ccccc2)cc1)=P(c1ccccc1)(c1ccccc1)c1ccccc1. The average Bonchev–Trinajstić information content (AvgIpc) is 3.40. The normalized spacial score (nSPS) is 10.9. The lowest BCUT2D eigenvalue weighted by atomic mass is 10.0. The molecule has 0 N–H and O–H groups in total. The summed E-state index contributed by atoms with van der Waals surface area (Å²) in [6.07, 6.45) is 0. The Morgan fingerprint density at radius 3 is 0.667 bits per heavy atom. The smallest absolute Gasteiger partial charge is 0.237 e. The third-order valence-corrected chi connectivity index (χ3v) is 20.3. The Morgan fingerprint density at radius 2 is 0.455 bits per heavy atom. The minimum atomic E-state index is -2.97. The molecule has 2 nitrogen and oxygen atoms in total. The van der Waals surface area contributed by atoms with Gasteiger partial charge in [-0.15, -0.1) is 0 Å². The molecule has 0 fully saturated rings. The second-order valence-electron chi connectivity index (χ2n) is 15.5. The maximum atomic E-state index is 15.5. The van der Waals surface area contributed by atoms with Gasteiger partial charge < -0.3 is 0 Å². The first-order chi connectivity index (χ1) is 32.6. The van der Waals surface area contributed by atoms with Crippen LogP contribution in [0.25, 0.3) is 0 Å². The van der Waals surface area contributed by atoms with Gasteiger partial charge in [0.05, 0.1) is 0 Å². The molecular formula is C62H44O2P2. The van der Waals surface area contributed by atoms with Crippen molar-refractivity contribution in [1.82, 2.24) is 0 Å². The molecule has 0 heterocycles. The molecule has 0 unspecified atom stereocenters. The summed E-state index contributed by atoms with van der Waals surface area (Å²) in [4.78, 5) is 31.0. The Kier molecular flexibility index (Phi) is 13.3. The lowest BCUT2D eigenvalue weighted by Crippen LogP contribution is -2.34. The summed E-state index contributed by atoms with van der Waals surface area (Å²) in [5.74, 6) is 12.1. The second kappa shape index (κ2) is 20.3. The highest BCUT2D eigenvalue weighted by Gasteiger charge is 2.36. The summed E-state index contributed by atoms with van der Waals surface area (Å²) in [5, 5.41) is 7.36. The maximum absolute atomic E-state index is 15.5. The average molecular weight is 883 g/mol. The van der Waals surface area contributed by atoms with E-state index in [9.17, 15) is 0 Å². The van der Waals surface area contributed by atoms with Gasteiger partial charge in [0.1, 0.15) is 0 Å². The van der Waals surface area contributed by atoms with Crippen molar-refractivity contribution in [3.63, 3.8) is 0 Å². The van der Waals surface area contributed by atoms with Gasteiger partial charge in [-0.2, -0.15) is 0 Å². The van der Waals surface area contributed by atoms with Crippen LogP contribution in [0.15, 0.2) is 267 Å². The van der Waals surface area contributed by atoms with Crippen LogP contribution in [0.1, 0.15) is 22.3 Å². The van der Waals surface area contributed by atoms with E-state index in [2.05, 4.69) is 96.5 Å². The first-order valence-corrected chi connectivity index (χ1v) is 25.4. The maximum Gasteiger partial charge on any atom is 0.237 e. The van der Waals surface area contributed by atoms with E-state index in [0.717, 1.165) is 54.1 Å². The topological polar surface area (TPSA) is 34.1 Å². The molecule has 0 aliphatic heterocycles. The highest BCUT2D eigenvalue weighted by Crippen LogP contribution is 2.50. The minimum absolute atomic E-state index is 0.273. The predicted octanol–water partition coefficient (Wildman–Crippen LogP) is 9.96. The number of benzene rings is 9. The fourth-order valence-corrected chi connectivity index (χ4v) is 17.6. The van der Waals surface area contributed by atoms with E-state index in [1.165, 1.54) is 0 Å². The summed E-state index contributed by atoms with van der Waals surface area (Å²) in [6.45, 7) is -5.93. The lowest BCUT2D eigenvalue weighted by Gasteiger charge is -2.33. The van der Waals surface area contributed by atoms with Crippen molar-refractivity contribution in [1.29, 1.82) is 0 Å². The van der Waals surface area contributed by atoms with E-state index in [0.29, 0.717) is 10.6 Å². The number of rotatable bonds is 10. The summed E-state index contributed by atoms with van der Waals surface area (Å²) < 4.78 is 0. The van der Waals surface area contributed by atoms with Crippen molar-refractivity contribution in [2.24, 2.45) is 0 Å². The van der Waals surface area contributed by atoms with Gasteiger partial charge >= 0.3 is 0 Å². The minimum Gasteiger partial charge on any atom is -0.279 e. The van der Waals surface area contributed by atoms with Crippen LogP contribution >= 0.6 is 13.8 Å². The monoisotopic (exact) mass is 882 g/mol. The third-order valence-electron chi connectivity index (χ3n) is 11.6. The molecule has 0 atom stereocenters. The van der Waals surface area contributed by atoms with E-state index in [-0.39, 0.29) is 11.6 Å². The van der Waals surface area contributed by atoms with E-state index in [1.807, 2.05) is 194 Å². The highest BCUT2D eigenvalue weighted by molar-refractivity contribution is 7.97. The number of hydrogen-bond acceptors (Lipinski definition) is 2. The molecule has 0 amide bonds. The Balaban J connectivity index is 1.41. The van der Waals surface area contributed by atoms with Crippen LogP contribution in [0.4, 0.5) is 0 Å². The zero-order valence-corrected chi connectivity index (χ0v) is 37.9. The van der Waals surface area contributed by atoms with Crippen LogP contribution in [0.3, 0.4) is 0 Å². The number of carbonyl (C=O) groups excluding carboxylic acids is 2. The van der Waals surface area contributed by atoms with Crippen LogP contribution < -0.4 is 31.8 Å². The van der Waals surface area contributed by atoms with Gasteiger partial charge in [-0.25, -0.2) is 0 Å². The van der Waals surface area contributed by atoms with E-state index < -0.39 is 13.8 Å². The van der Waals surface area contributed by atoms with Crippen molar-refractivity contribution < 1.29 is 9.59 Å². The van der Waals surface area contributed by atoms with Gasteiger partial charge in [-0.3, -0.25) is 9.59 Å². The second-order valence-corrected chi connectivity index (χ2v) is 22.2. The molecule has 0 bridgehead atoms. The molecule has 4 heteroatoms. The zero-order valence-electron chi connectivity index (χ0n) is 36.1. The molecule has 0 aromatic heterocycles. The molecule has 9 aromatic rings. The third kappa shape index (κ3) is 8.66. The largest absolute Gasteiger partial charge is 0.279 e. The van der Waals surface area contributed by atoms with Crippen molar-refractivity contribution in [2.75, 3.05) is 0 Å². The van der Waals surface area contributed by atoms with Gasteiger partial charge in [-0.05, 0) is 92.8 Å². The van der Waals surface area contributed by atoms with Gasteiger partial charge in [0, 0.05) is 21.7 Å². The summed E-state index contributed by atoms with van der Waals surface area (Å²) in [5.41, 5.74) is 2.95. The van der Waals surface area contributed by atoms with Gasteiger partial charge in [0.2, 0.25) is 11.6 Å². The van der Waals surface area contributed by atoms with Crippen molar-refractivity contribution in [3.8, 4) is 23.7 Å². The molecule has 0 aliphatic carbocycles. The summed E-state index contributed by atoms with van der Waals surface area (Å²) >= 11 is 0. The summed E-state index contributed by atoms with van der Waals surface area (Å²) in [7, 11) is 0. The number of carbonyl (C=O) groups is 2. The van der Waals surface area contributed by atoms with Crippen LogP contribution in [0, 0.1) is 23.7 Å². The molecule has 9 aromatic carbocycles. The van der Waals surface area contributed by atoms with E-state index in [4.69, 9.17) is 0 Å². The molecule has 314 valence electrons. The Morgan fingerprint density at radius 1 is 0.258 bits per heavy atom. The zero-order chi connectivity index (χ0) is 45.0. The highest BCUT2D eigenvalue weighted by atomic mass is 31.2. The Hall–Kier alpha value is -7.96. The predicted molar refractivity (Wildman–Crippen MR) is 282 cm³/mol. The van der Waals surface area contributed by atoms with Crippen LogP contribution in [-0.4, -0.2) is 22.2 Å². The fourth-order valence-electron chi connectivity index (χ4n) is 8.74. The van der Waals surface area contributed by atoms with Crippen LogP contribution in [0.2, 0.25) is 0 Å². The van der Waals surface area contributed by atoms with Crippen LogP contribution in [0.5, 0.6) is 0 Å². The van der Waals surface area contributed by atoms with E-state index >= 15 is 9.59 Å². The first kappa shape index (κ1) is 43.3. The fraction of sp³-hybridized carbons (Fsp3) is 0. The standard InChI is InChI=1S/C62H44O2P2/c63-59(47-41-49-25-9-1-10-26-49)61(65(53-29-13-3-14-30-53,54-31-15-4-16-32-54)55-33-17-5-18-34-55)51-43-45-52(46-44-51)62(60(64)48-42-50-27-11-2-12-28-50)66(56-35-19-6-20-36-56,57-37-21-7-22-38-57)58-39-23-8-24-40-58/h1-40,43-46H. The molecule has 9 rings (SSSR count). The number of hydrogen-bond donors (Lipinski definition) is 0. The molecular weight excluding hydrogens is 839 g/mol. The molecule has 66 heavy (non-hydrogen) atoms. The molecule has 0 saturated carbocycles. The van der Waals surface area contributed by atoms with Gasteiger partial charge in [0.25, 0.3) is 0 Å². The molecule has 0 spiro atoms. The lowest BCUT2D eigenvalue weighted by molar-refractivity contribution is -0.108. The molecule has 0 aliphatic rings. The van der Waals surface area contributed by atoms with Gasteiger partial charge in [0.15, 0.2) is 0 Å². The van der Waals surface area contributed by atoms with E-state index in [1.54, 1.807) is 0 Å². The van der Waals surface area contributed by atoms with Crippen LogP contribution in [-0.2, 0) is 9.59 Å². The first-order valence-electron chi connectivity index (χ1n) is 21.8. The van der Waals surface area contributed by atoms with Crippen molar-refractivity contribution in [2.45, 2.75) is 0 Å². The van der Waals surface area contributed by atoms with Crippen molar-refractivity contribution in [3.05, 3.63) is 289 Å². The quantitative estimate of drug-likeness (QED) is 0.101. The molecule has 0 saturated heterocycles.